The van der Waals surface area contributed by atoms with Gasteiger partial charge in [-0.25, -0.2) is 0 Å². The quantitative estimate of drug-likeness (QED) is 0.875. The van der Waals surface area contributed by atoms with Crippen LogP contribution < -0.4 is 5.32 Å². The minimum atomic E-state index is -0.500. The lowest BCUT2D eigenvalue weighted by Crippen LogP contribution is -2.28. The van der Waals surface area contributed by atoms with Crippen molar-refractivity contribution in [1.82, 2.24) is 15.2 Å². The molecule has 1 atom stereocenters. The highest BCUT2D eigenvalue weighted by atomic mass is 16.5. The number of nitrogens with one attached hydrogen (secondary N) is 2. The van der Waals surface area contributed by atoms with E-state index >= 15 is 0 Å². The Morgan fingerprint density at radius 3 is 2.80 bits per heavy atom. The summed E-state index contributed by atoms with van der Waals surface area (Å²) in [5.41, 5.74) is 2.73. The Morgan fingerprint density at radius 1 is 1.45 bits per heavy atom. The van der Waals surface area contributed by atoms with E-state index in [2.05, 4.69) is 20.5 Å². The van der Waals surface area contributed by atoms with Gasteiger partial charge >= 0.3 is 0 Å². The van der Waals surface area contributed by atoms with Crippen molar-refractivity contribution in [3.63, 3.8) is 0 Å². The molecule has 1 amide bonds. The molecule has 2 N–H and O–H groups in total. The molecule has 2 heterocycles. The molecule has 2 aromatic heterocycles. The first kappa shape index (κ1) is 14.2. The highest BCUT2D eigenvalue weighted by Gasteiger charge is 2.17. The molecule has 0 radical (unpaired) electrons. The van der Waals surface area contributed by atoms with Gasteiger partial charge in [0.2, 0.25) is 0 Å². The maximum absolute atomic E-state index is 11.9. The number of hydrogen-bond donors (Lipinski definition) is 2. The maximum Gasteiger partial charge on any atom is 0.254 e. The van der Waals surface area contributed by atoms with Crippen molar-refractivity contribution in [2.75, 3.05) is 11.9 Å². The predicted molar refractivity (Wildman–Crippen MR) is 76.3 cm³/mol. The number of H-pyrrole nitrogens is 1. The fourth-order valence-electron chi connectivity index (χ4n) is 1.86. The fourth-order valence-corrected chi connectivity index (χ4v) is 1.86. The summed E-state index contributed by atoms with van der Waals surface area (Å²) in [6.45, 7) is 5.96. The van der Waals surface area contributed by atoms with Gasteiger partial charge in [-0.1, -0.05) is 0 Å². The summed E-state index contributed by atoms with van der Waals surface area (Å²) in [5, 5.41) is 9.84. The Balaban J connectivity index is 2.16. The zero-order valence-electron chi connectivity index (χ0n) is 11.8. The SMILES string of the molecule is CCO[C@H](C)C(=O)Nc1n[nH]c(-c2ccncc2)c1C. The van der Waals surface area contributed by atoms with Gasteiger partial charge in [0.25, 0.3) is 5.91 Å². The van der Waals surface area contributed by atoms with Gasteiger partial charge in [0.15, 0.2) is 5.82 Å². The lowest BCUT2D eigenvalue weighted by Gasteiger charge is -2.10. The smallest absolute Gasteiger partial charge is 0.254 e. The van der Waals surface area contributed by atoms with Crippen LogP contribution in [0.25, 0.3) is 11.3 Å². The lowest BCUT2D eigenvalue weighted by atomic mass is 10.1. The molecular formula is C14H18N4O2. The van der Waals surface area contributed by atoms with Crippen LogP contribution in [-0.2, 0) is 9.53 Å². The van der Waals surface area contributed by atoms with Gasteiger partial charge in [0, 0.05) is 30.1 Å². The van der Waals surface area contributed by atoms with E-state index < -0.39 is 6.10 Å². The Kier molecular flexibility index (Phi) is 4.47. The number of amides is 1. The average Bonchev–Trinajstić information content (AvgIpc) is 2.81. The molecule has 0 aromatic carbocycles. The summed E-state index contributed by atoms with van der Waals surface area (Å²) in [4.78, 5) is 15.9. The number of aromatic nitrogens is 3. The minimum absolute atomic E-state index is 0.206. The molecule has 0 aliphatic rings. The molecule has 0 aliphatic heterocycles. The average molecular weight is 274 g/mol. The second kappa shape index (κ2) is 6.29. The van der Waals surface area contributed by atoms with Gasteiger partial charge in [-0.3, -0.25) is 14.9 Å². The van der Waals surface area contributed by atoms with Crippen LogP contribution in [0, 0.1) is 6.92 Å². The van der Waals surface area contributed by atoms with Crippen molar-refractivity contribution < 1.29 is 9.53 Å². The largest absolute Gasteiger partial charge is 0.369 e. The van der Waals surface area contributed by atoms with Crippen LogP contribution in [0.5, 0.6) is 0 Å². The third-order valence-electron chi connectivity index (χ3n) is 3.01. The molecule has 0 bridgehead atoms. The number of hydrogen-bond acceptors (Lipinski definition) is 4. The second-order valence-corrected chi connectivity index (χ2v) is 4.39. The normalized spacial score (nSPS) is 12.2. The third-order valence-corrected chi connectivity index (χ3v) is 3.01. The Hall–Kier alpha value is -2.21. The lowest BCUT2D eigenvalue weighted by molar-refractivity contribution is -0.126. The van der Waals surface area contributed by atoms with E-state index in [0.29, 0.717) is 12.4 Å². The molecule has 0 spiro atoms. The molecule has 6 nitrogen and oxygen atoms in total. The van der Waals surface area contributed by atoms with Crippen molar-refractivity contribution >= 4 is 11.7 Å². The molecule has 6 heteroatoms. The standard InChI is InChI=1S/C14H18N4O2/c1-4-20-10(3)14(19)16-13-9(2)12(17-18-13)11-5-7-15-8-6-11/h5-8,10H,4H2,1-3H3,(H2,16,17,18,19)/t10-/m1/s1. The summed E-state index contributed by atoms with van der Waals surface area (Å²) in [7, 11) is 0. The molecule has 0 aliphatic carbocycles. The van der Waals surface area contributed by atoms with E-state index in [1.807, 2.05) is 26.0 Å². The number of anilines is 1. The summed E-state index contributed by atoms with van der Waals surface area (Å²) >= 11 is 0. The van der Waals surface area contributed by atoms with Crippen molar-refractivity contribution in [3.05, 3.63) is 30.1 Å². The number of carbonyl (C=O) groups excluding carboxylic acids is 1. The summed E-state index contributed by atoms with van der Waals surface area (Å²) in [6, 6.07) is 3.77. The Morgan fingerprint density at radius 2 is 2.15 bits per heavy atom. The molecule has 0 saturated carbocycles. The number of rotatable bonds is 5. The third kappa shape index (κ3) is 3.03. The Bertz CT molecular complexity index is 580. The number of pyridine rings is 1. The van der Waals surface area contributed by atoms with Crippen LogP contribution in [0.3, 0.4) is 0 Å². The number of aromatic amines is 1. The second-order valence-electron chi connectivity index (χ2n) is 4.39. The summed E-state index contributed by atoms with van der Waals surface area (Å²) in [5.74, 6) is 0.316. The van der Waals surface area contributed by atoms with E-state index in [0.717, 1.165) is 16.8 Å². The molecular weight excluding hydrogens is 256 g/mol. The predicted octanol–water partition coefficient (Wildman–Crippen LogP) is 2.14. The zero-order chi connectivity index (χ0) is 14.5. The summed E-state index contributed by atoms with van der Waals surface area (Å²) < 4.78 is 5.25. The van der Waals surface area contributed by atoms with Crippen molar-refractivity contribution in [1.29, 1.82) is 0 Å². The van der Waals surface area contributed by atoms with Crippen LogP contribution in [0.15, 0.2) is 24.5 Å². The molecule has 0 fully saturated rings. The fraction of sp³-hybridized carbons (Fsp3) is 0.357. The highest BCUT2D eigenvalue weighted by Crippen LogP contribution is 2.25. The van der Waals surface area contributed by atoms with E-state index in [-0.39, 0.29) is 5.91 Å². The first-order valence-electron chi connectivity index (χ1n) is 6.51. The Labute approximate surface area is 117 Å². The van der Waals surface area contributed by atoms with Crippen LogP contribution in [0.4, 0.5) is 5.82 Å². The molecule has 0 saturated heterocycles. The van der Waals surface area contributed by atoms with Crippen LogP contribution in [0.2, 0.25) is 0 Å². The van der Waals surface area contributed by atoms with E-state index in [4.69, 9.17) is 4.74 Å². The van der Waals surface area contributed by atoms with Gasteiger partial charge in [-0.2, -0.15) is 5.10 Å². The van der Waals surface area contributed by atoms with Gasteiger partial charge in [0.1, 0.15) is 6.10 Å². The molecule has 2 aromatic rings. The first-order valence-corrected chi connectivity index (χ1v) is 6.51. The van der Waals surface area contributed by atoms with Crippen LogP contribution >= 0.6 is 0 Å². The molecule has 0 unspecified atom stereocenters. The van der Waals surface area contributed by atoms with Gasteiger partial charge in [-0.05, 0) is 32.9 Å². The first-order chi connectivity index (χ1) is 9.63. The van der Waals surface area contributed by atoms with Crippen molar-refractivity contribution in [2.45, 2.75) is 26.9 Å². The number of carbonyl (C=O) groups is 1. The zero-order valence-corrected chi connectivity index (χ0v) is 11.8. The van der Waals surface area contributed by atoms with E-state index in [1.54, 1.807) is 19.3 Å². The highest BCUT2D eigenvalue weighted by molar-refractivity contribution is 5.94. The van der Waals surface area contributed by atoms with Crippen LogP contribution in [-0.4, -0.2) is 33.8 Å². The number of ether oxygens (including phenoxy) is 1. The van der Waals surface area contributed by atoms with Crippen LogP contribution in [0.1, 0.15) is 19.4 Å². The van der Waals surface area contributed by atoms with Crippen molar-refractivity contribution in [2.24, 2.45) is 0 Å². The van der Waals surface area contributed by atoms with Gasteiger partial charge in [-0.15, -0.1) is 0 Å². The van der Waals surface area contributed by atoms with Gasteiger partial charge < -0.3 is 10.1 Å². The molecule has 2 rings (SSSR count). The molecule has 20 heavy (non-hydrogen) atoms. The monoisotopic (exact) mass is 274 g/mol. The van der Waals surface area contributed by atoms with Crippen molar-refractivity contribution in [3.8, 4) is 11.3 Å². The van der Waals surface area contributed by atoms with Gasteiger partial charge in [0.05, 0.1) is 5.69 Å². The molecule has 106 valence electrons. The topological polar surface area (TPSA) is 79.9 Å². The van der Waals surface area contributed by atoms with E-state index in [1.165, 1.54) is 0 Å². The summed E-state index contributed by atoms with van der Waals surface area (Å²) in [6.07, 6.45) is 2.93. The maximum atomic E-state index is 11.9. The number of nitrogens with zero attached hydrogens (tertiary/aromatic N) is 2. The van der Waals surface area contributed by atoms with E-state index in [9.17, 15) is 4.79 Å². The minimum Gasteiger partial charge on any atom is -0.369 e.